The SMILES string of the molecule is CSCCC(CN)N1CCN(CCN(C)C)CC1. The minimum atomic E-state index is 0.591. The van der Waals surface area contributed by atoms with Crippen molar-refractivity contribution >= 4 is 11.8 Å². The molecule has 0 aromatic rings. The van der Waals surface area contributed by atoms with Crippen molar-refractivity contribution in [1.29, 1.82) is 0 Å². The Morgan fingerprint density at radius 2 is 1.89 bits per heavy atom. The van der Waals surface area contributed by atoms with Crippen LogP contribution in [0.2, 0.25) is 0 Å². The molecule has 1 atom stereocenters. The first kappa shape index (κ1) is 16.2. The molecule has 0 saturated carbocycles. The Balaban J connectivity index is 2.24. The second-order valence-corrected chi connectivity index (χ2v) is 6.34. The van der Waals surface area contributed by atoms with Crippen LogP contribution < -0.4 is 5.73 Å². The fourth-order valence-corrected chi connectivity index (χ4v) is 2.90. The van der Waals surface area contributed by atoms with Gasteiger partial charge in [-0.15, -0.1) is 0 Å². The summed E-state index contributed by atoms with van der Waals surface area (Å²) in [6.07, 6.45) is 3.40. The Morgan fingerprint density at radius 3 is 2.39 bits per heavy atom. The van der Waals surface area contributed by atoms with E-state index < -0.39 is 0 Å². The molecule has 0 aromatic carbocycles. The number of piperazine rings is 1. The maximum Gasteiger partial charge on any atom is 0.0227 e. The third-order valence-electron chi connectivity index (χ3n) is 3.71. The van der Waals surface area contributed by atoms with Crippen LogP contribution in [0.1, 0.15) is 6.42 Å². The average Bonchev–Trinajstić information content (AvgIpc) is 2.38. The van der Waals surface area contributed by atoms with Crippen LogP contribution in [0.3, 0.4) is 0 Å². The highest BCUT2D eigenvalue weighted by Gasteiger charge is 2.22. The van der Waals surface area contributed by atoms with Gasteiger partial charge in [-0.2, -0.15) is 11.8 Å². The van der Waals surface area contributed by atoms with Gasteiger partial charge in [0.2, 0.25) is 0 Å². The molecule has 1 aliphatic rings. The van der Waals surface area contributed by atoms with Crippen LogP contribution in [0.5, 0.6) is 0 Å². The quantitative estimate of drug-likeness (QED) is 0.686. The van der Waals surface area contributed by atoms with Gasteiger partial charge in [0, 0.05) is 51.9 Å². The number of nitrogens with two attached hydrogens (primary N) is 1. The van der Waals surface area contributed by atoms with Gasteiger partial charge in [-0.25, -0.2) is 0 Å². The summed E-state index contributed by atoms with van der Waals surface area (Å²) in [6.45, 7) is 7.92. The van der Waals surface area contributed by atoms with E-state index in [0.717, 1.165) is 13.1 Å². The molecule has 1 saturated heterocycles. The number of hydrogen-bond donors (Lipinski definition) is 1. The normalized spacial score (nSPS) is 20.5. The van der Waals surface area contributed by atoms with Crippen molar-refractivity contribution in [3.8, 4) is 0 Å². The van der Waals surface area contributed by atoms with Gasteiger partial charge < -0.3 is 10.6 Å². The van der Waals surface area contributed by atoms with E-state index in [9.17, 15) is 0 Å². The van der Waals surface area contributed by atoms with Crippen LogP contribution in [0.15, 0.2) is 0 Å². The largest absolute Gasteiger partial charge is 0.329 e. The van der Waals surface area contributed by atoms with Crippen molar-refractivity contribution in [3.63, 3.8) is 0 Å². The lowest BCUT2D eigenvalue weighted by molar-refractivity contribution is 0.0930. The van der Waals surface area contributed by atoms with E-state index >= 15 is 0 Å². The Morgan fingerprint density at radius 1 is 1.22 bits per heavy atom. The van der Waals surface area contributed by atoms with Gasteiger partial charge in [0.25, 0.3) is 0 Å². The monoisotopic (exact) mass is 274 g/mol. The molecule has 4 nitrogen and oxygen atoms in total. The van der Waals surface area contributed by atoms with Gasteiger partial charge in [0.1, 0.15) is 0 Å². The first-order valence-electron chi connectivity index (χ1n) is 6.97. The van der Waals surface area contributed by atoms with Gasteiger partial charge in [-0.05, 0) is 32.5 Å². The van der Waals surface area contributed by atoms with E-state index in [0.29, 0.717) is 6.04 Å². The number of nitrogens with zero attached hydrogens (tertiary/aromatic N) is 3. The van der Waals surface area contributed by atoms with Crippen LogP contribution in [0, 0.1) is 0 Å². The molecule has 0 aliphatic carbocycles. The standard InChI is InChI=1S/C13H30N4S/c1-15(2)5-6-16-7-9-17(10-8-16)13(12-14)4-11-18-3/h13H,4-12,14H2,1-3H3. The summed E-state index contributed by atoms with van der Waals surface area (Å²) in [6, 6.07) is 0.591. The smallest absolute Gasteiger partial charge is 0.0227 e. The summed E-state index contributed by atoms with van der Waals surface area (Å²) in [7, 11) is 4.28. The zero-order chi connectivity index (χ0) is 13.4. The van der Waals surface area contributed by atoms with Crippen molar-refractivity contribution in [2.24, 2.45) is 5.73 Å². The van der Waals surface area contributed by atoms with Gasteiger partial charge in [-0.1, -0.05) is 0 Å². The molecule has 1 rings (SSSR count). The minimum Gasteiger partial charge on any atom is -0.329 e. The van der Waals surface area contributed by atoms with Gasteiger partial charge in [0.15, 0.2) is 0 Å². The molecule has 1 fully saturated rings. The molecule has 1 heterocycles. The topological polar surface area (TPSA) is 35.7 Å². The molecule has 2 N–H and O–H groups in total. The Hall–Kier alpha value is 0.190. The zero-order valence-electron chi connectivity index (χ0n) is 12.3. The van der Waals surface area contributed by atoms with Gasteiger partial charge in [-0.3, -0.25) is 9.80 Å². The lowest BCUT2D eigenvalue weighted by atomic mass is 10.1. The fourth-order valence-electron chi connectivity index (χ4n) is 2.40. The lowest BCUT2D eigenvalue weighted by Gasteiger charge is -2.39. The van der Waals surface area contributed by atoms with Crippen LogP contribution in [0.25, 0.3) is 0 Å². The molecular weight excluding hydrogens is 244 g/mol. The summed E-state index contributed by atoms with van der Waals surface area (Å²) >= 11 is 1.92. The number of rotatable bonds is 8. The molecule has 0 radical (unpaired) electrons. The first-order valence-corrected chi connectivity index (χ1v) is 8.37. The van der Waals surface area contributed by atoms with Crippen molar-refractivity contribution in [3.05, 3.63) is 0 Å². The molecule has 5 heteroatoms. The average molecular weight is 274 g/mol. The Kier molecular flexibility index (Phi) is 8.26. The minimum absolute atomic E-state index is 0.591. The van der Waals surface area contributed by atoms with Crippen molar-refractivity contribution in [2.75, 3.05) is 71.9 Å². The summed E-state index contributed by atoms with van der Waals surface area (Å²) in [4.78, 5) is 7.41. The lowest BCUT2D eigenvalue weighted by Crippen LogP contribution is -2.53. The van der Waals surface area contributed by atoms with E-state index in [2.05, 4.69) is 35.1 Å². The van der Waals surface area contributed by atoms with Crippen molar-refractivity contribution < 1.29 is 0 Å². The summed E-state index contributed by atoms with van der Waals surface area (Å²) in [5.41, 5.74) is 5.91. The highest BCUT2D eigenvalue weighted by molar-refractivity contribution is 7.98. The molecule has 0 bridgehead atoms. The molecule has 0 aromatic heterocycles. The summed E-state index contributed by atoms with van der Waals surface area (Å²) in [5, 5.41) is 0. The van der Waals surface area contributed by atoms with Crippen LogP contribution in [0.4, 0.5) is 0 Å². The molecule has 0 spiro atoms. The summed E-state index contributed by atoms with van der Waals surface area (Å²) in [5.74, 6) is 1.22. The fraction of sp³-hybridized carbons (Fsp3) is 1.00. The predicted octanol–water partition coefficient (Wildman–Crippen LogP) is 0.246. The molecule has 1 aliphatic heterocycles. The van der Waals surface area contributed by atoms with Crippen molar-refractivity contribution in [2.45, 2.75) is 12.5 Å². The molecule has 18 heavy (non-hydrogen) atoms. The second kappa shape index (κ2) is 9.15. The third-order valence-corrected chi connectivity index (χ3v) is 4.36. The van der Waals surface area contributed by atoms with E-state index in [1.54, 1.807) is 0 Å². The predicted molar refractivity (Wildman–Crippen MR) is 82.4 cm³/mol. The maximum atomic E-state index is 5.91. The van der Waals surface area contributed by atoms with E-state index in [1.165, 1.54) is 44.9 Å². The van der Waals surface area contributed by atoms with Gasteiger partial charge in [0.05, 0.1) is 0 Å². The Labute approximate surface area is 117 Å². The molecule has 0 amide bonds. The molecule has 1 unspecified atom stereocenters. The maximum absolute atomic E-state index is 5.91. The molecular formula is C13H30N4S. The third kappa shape index (κ3) is 5.89. The zero-order valence-corrected chi connectivity index (χ0v) is 13.1. The summed E-state index contributed by atoms with van der Waals surface area (Å²) < 4.78 is 0. The van der Waals surface area contributed by atoms with Gasteiger partial charge >= 0.3 is 0 Å². The number of likely N-dealkylation sites (N-methyl/N-ethyl adjacent to an activating group) is 1. The first-order chi connectivity index (χ1) is 8.67. The highest BCUT2D eigenvalue weighted by atomic mass is 32.2. The van der Waals surface area contributed by atoms with Crippen molar-refractivity contribution in [1.82, 2.24) is 14.7 Å². The van der Waals surface area contributed by atoms with E-state index in [-0.39, 0.29) is 0 Å². The van der Waals surface area contributed by atoms with E-state index in [4.69, 9.17) is 5.73 Å². The number of hydrogen-bond acceptors (Lipinski definition) is 5. The van der Waals surface area contributed by atoms with Crippen LogP contribution in [-0.2, 0) is 0 Å². The Bertz CT molecular complexity index is 205. The number of thioether (sulfide) groups is 1. The molecule has 108 valence electrons. The van der Waals surface area contributed by atoms with Crippen LogP contribution >= 0.6 is 11.8 Å². The van der Waals surface area contributed by atoms with Crippen LogP contribution in [-0.4, -0.2) is 92.7 Å². The van der Waals surface area contributed by atoms with E-state index in [1.807, 2.05) is 11.8 Å². The highest BCUT2D eigenvalue weighted by Crippen LogP contribution is 2.11. The second-order valence-electron chi connectivity index (χ2n) is 5.35.